The van der Waals surface area contributed by atoms with Crippen LogP contribution in [0, 0.1) is 0 Å². The first-order valence-corrected chi connectivity index (χ1v) is 10.4. The molecule has 0 radical (unpaired) electrons. The number of nitrogens with zero attached hydrogens (tertiary/aromatic N) is 1. The van der Waals surface area contributed by atoms with Crippen molar-refractivity contribution in [2.75, 3.05) is 24.6 Å². The number of hydrogen-bond donors (Lipinski definition) is 1. The molecule has 0 aromatic heterocycles. The predicted molar refractivity (Wildman–Crippen MR) is 98.2 cm³/mol. The van der Waals surface area contributed by atoms with E-state index in [9.17, 15) is 4.79 Å². The Hall–Kier alpha value is -0.420. The van der Waals surface area contributed by atoms with Crippen LogP contribution in [0.25, 0.3) is 0 Å². The standard InChI is InChI=1S/C18H34N2O2S/c1-18(2,3)22-17(21)20(16-8-6-4-5-7-9-16)12-11-19-15-10-13-23-14-15/h15-16,19H,4-14H2,1-3H3. The normalized spacial score (nSPS) is 23.5. The fourth-order valence-corrected chi connectivity index (χ4v) is 4.58. The summed E-state index contributed by atoms with van der Waals surface area (Å²) in [5.41, 5.74) is -0.421. The highest BCUT2D eigenvalue weighted by Crippen LogP contribution is 2.24. The van der Waals surface area contributed by atoms with Gasteiger partial charge in [-0.15, -0.1) is 0 Å². The highest BCUT2D eigenvalue weighted by molar-refractivity contribution is 7.99. The summed E-state index contributed by atoms with van der Waals surface area (Å²) in [6.07, 6.45) is 8.43. The number of rotatable bonds is 5. The van der Waals surface area contributed by atoms with Gasteiger partial charge in [0.1, 0.15) is 5.60 Å². The van der Waals surface area contributed by atoms with Crippen molar-refractivity contribution in [3.05, 3.63) is 0 Å². The molecule has 1 saturated carbocycles. The number of ether oxygens (including phenoxy) is 1. The van der Waals surface area contributed by atoms with Crippen molar-refractivity contribution in [3.8, 4) is 0 Å². The van der Waals surface area contributed by atoms with Crippen molar-refractivity contribution >= 4 is 17.9 Å². The minimum absolute atomic E-state index is 0.132. The van der Waals surface area contributed by atoms with Crippen LogP contribution in [0.5, 0.6) is 0 Å². The lowest BCUT2D eigenvalue weighted by atomic mass is 10.1. The molecule has 1 amide bonds. The number of thioether (sulfide) groups is 1. The maximum absolute atomic E-state index is 12.7. The molecule has 1 atom stereocenters. The van der Waals surface area contributed by atoms with E-state index in [1.54, 1.807) is 0 Å². The Balaban J connectivity index is 1.90. The number of carbonyl (C=O) groups is 1. The molecule has 134 valence electrons. The van der Waals surface area contributed by atoms with E-state index in [1.807, 2.05) is 37.4 Å². The van der Waals surface area contributed by atoms with Crippen molar-refractivity contribution in [3.63, 3.8) is 0 Å². The van der Waals surface area contributed by atoms with Crippen molar-refractivity contribution < 1.29 is 9.53 Å². The summed E-state index contributed by atoms with van der Waals surface area (Å²) in [4.78, 5) is 14.7. The second-order valence-corrected chi connectivity index (χ2v) is 8.98. The van der Waals surface area contributed by atoms with Gasteiger partial charge in [0, 0.05) is 30.9 Å². The first-order valence-electron chi connectivity index (χ1n) is 9.26. The second-order valence-electron chi connectivity index (χ2n) is 7.83. The van der Waals surface area contributed by atoms with Crippen LogP contribution in [-0.4, -0.2) is 53.3 Å². The van der Waals surface area contributed by atoms with Crippen molar-refractivity contribution in [2.45, 2.75) is 83.4 Å². The quantitative estimate of drug-likeness (QED) is 0.766. The third kappa shape index (κ3) is 6.92. The van der Waals surface area contributed by atoms with Gasteiger partial charge in [-0.1, -0.05) is 25.7 Å². The molecule has 1 heterocycles. The van der Waals surface area contributed by atoms with Crippen LogP contribution >= 0.6 is 11.8 Å². The lowest BCUT2D eigenvalue weighted by Crippen LogP contribution is -2.47. The SMILES string of the molecule is CC(C)(C)OC(=O)N(CCNC1CCSC1)C1CCCCCC1. The van der Waals surface area contributed by atoms with Crippen LogP contribution in [0.1, 0.15) is 65.7 Å². The monoisotopic (exact) mass is 342 g/mol. The fraction of sp³-hybridized carbons (Fsp3) is 0.944. The van der Waals surface area contributed by atoms with Gasteiger partial charge in [0.05, 0.1) is 0 Å². The van der Waals surface area contributed by atoms with Crippen LogP contribution in [0.2, 0.25) is 0 Å². The molecule has 0 bridgehead atoms. The summed E-state index contributed by atoms with van der Waals surface area (Å²) in [6, 6.07) is 0.974. The van der Waals surface area contributed by atoms with E-state index in [1.165, 1.54) is 43.6 Å². The average Bonchev–Trinajstić information content (AvgIpc) is 2.83. The maximum atomic E-state index is 12.7. The lowest BCUT2D eigenvalue weighted by Gasteiger charge is -2.33. The van der Waals surface area contributed by atoms with E-state index < -0.39 is 5.60 Å². The van der Waals surface area contributed by atoms with Gasteiger partial charge in [0.2, 0.25) is 0 Å². The Labute approximate surface area is 146 Å². The minimum atomic E-state index is -0.421. The summed E-state index contributed by atoms with van der Waals surface area (Å²) < 4.78 is 5.67. The summed E-state index contributed by atoms with van der Waals surface area (Å²) in [5.74, 6) is 2.46. The van der Waals surface area contributed by atoms with E-state index in [0.29, 0.717) is 12.1 Å². The van der Waals surface area contributed by atoms with Gasteiger partial charge < -0.3 is 15.0 Å². The van der Waals surface area contributed by atoms with Gasteiger partial charge in [-0.25, -0.2) is 4.79 Å². The van der Waals surface area contributed by atoms with E-state index >= 15 is 0 Å². The number of carbonyl (C=O) groups excluding carboxylic acids is 1. The van der Waals surface area contributed by atoms with E-state index in [2.05, 4.69) is 5.32 Å². The average molecular weight is 343 g/mol. The van der Waals surface area contributed by atoms with Crippen molar-refractivity contribution in [2.24, 2.45) is 0 Å². The lowest BCUT2D eigenvalue weighted by molar-refractivity contribution is 0.0146. The molecule has 1 N–H and O–H groups in total. The van der Waals surface area contributed by atoms with Crippen LogP contribution in [0.15, 0.2) is 0 Å². The Bertz CT molecular complexity index is 357. The zero-order chi connectivity index (χ0) is 16.7. The summed E-state index contributed by atoms with van der Waals surface area (Å²) in [5, 5.41) is 3.61. The molecule has 0 aromatic carbocycles. The Kier molecular flexibility index (Phi) is 7.54. The molecule has 2 rings (SSSR count). The zero-order valence-corrected chi connectivity index (χ0v) is 15.9. The first kappa shape index (κ1) is 18.9. The molecule has 1 saturated heterocycles. The van der Waals surface area contributed by atoms with Crippen molar-refractivity contribution in [1.29, 1.82) is 0 Å². The minimum Gasteiger partial charge on any atom is -0.444 e. The molecule has 1 aliphatic carbocycles. The van der Waals surface area contributed by atoms with Crippen LogP contribution in [-0.2, 0) is 4.74 Å². The molecule has 2 aliphatic rings. The predicted octanol–water partition coefficient (Wildman–Crippen LogP) is 4.04. The van der Waals surface area contributed by atoms with Gasteiger partial charge >= 0.3 is 6.09 Å². The molecule has 23 heavy (non-hydrogen) atoms. The van der Waals surface area contributed by atoms with Crippen molar-refractivity contribution in [1.82, 2.24) is 10.2 Å². The Morgan fingerprint density at radius 1 is 1.17 bits per heavy atom. The van der Waals surface area contributed by atoms with Gasteiger partial charge in [0.15, 0.2) is 0 Å². The van der Waals surface area contributed by atoms with E-state index in [-0.39, 0.29) is 6.09 Å². The molecule has 1 unspecified atom stereocenters. The smallest absolute Gasteiger partial charge is 0.410 e. The summed E-state index contributed by atoms with van der Waals surface area (Å²) in [6.45, 7) is 7.49. The Morgan fingerprint density at radius 3 is 2.43 bits per heavy atom. The van der Waals surface area contributed by atoms with Gasteiger partial charge in [-0.2, -0.15) is 11.8 Å². The Morgan fingerprint density at radius 2 is 1.87 bits per heavy atom. The molecule has 0 spiro atoms. The molecular formula is C18H34N2O2S. The summed E-state index contributed by atoms with van der Waals surface area (Å²) >= 11 is 2.02. The molecular weight excluding hydrogens is 308 g/mol. The largest absolute Gasteiger partial charge is 0.444 e. The highest BCUT2D eigenvalue weighted by Gasteiger charge is 2.28. The molecule has 4 nitrogen and oxygen atoms in total. The number of amides is 1. The third-order valence-corrected chi connectivity index (χ3v) is 5.77. The molecule has 5 heteroatoms. The second kappa shape index (κ2) is 9.16. The number of hydrogen-bond acceptors (Lipinski definition) is 4. The third-order valence-electron chi connectivity index (χ3n) is 4.61. The highest BCUT2D eigenvalue weighted by atomic mass is 32.2. The molecule has 1 aliphatic heterocycles. The first-order chi connectivity index (χ1) is 11.0. The molecule has 0 aromatic rings. The van der Waals surface area contributed by atoms with E-state index in [0.717, 1.165) is 25.9 Å². The topological polar surface area (TPSA) is 41.6 Å². The fourth-order valence-electron chi connectivity index (χ4n) is 3.40. The van der Waals surface area contributed by atoms with E-state index in [4.69, 9.17) is 4.74 Å². The van der Waals surface area contributed by atoms with Gasteiger partial charge in [0.25, 0.3) is 0 Å². The van der Waals surface area contributed by atoms with Gasteiger partial charge in [-0.05, 0) is 45.8 Å². The molecule has 2 fully saturated rings. The van der Waals surface area contributed by atoms with Gasteiger partial charge in [-0.3, -0.25) is 0 Å². The maximum Gasteiger partial charge on any atom is 0.410 e. The van der Waals surface area contributed by atoms with Crippen LogP contribution < -0.4 is 5.32 Å². The zero-order valence-electron chi connectivity index (χ0n) is 15.1. The number of nitrogens with one attached hydrogen (secondary N) is 1. The summed E-state index contributed by atoms with van der Waals surface area (Å²) in [7, 11) is 0. The van der Waals surface area contributed by atoms with Crippen LogP contribution in [0.4, 0.5) is 4.79 Å². The van der Waals surface area contributed by atoms with Crippen LogP contribution in [0.3, 0.4) is 0 Å².